The lowest BCUT2D eigenvalue weighted by molar-refractivity contribution is 0.0192. The number of aromatic nitrogens is 2. The smallest absolute Gasteiger partial charge is 0.428 e. The Morgan fingerprint density at radius 1 is 1.13 bits per heavy atom. The van der Waals surface area contributed by atoms with Crippen molar-refractivity contribution < 1.29 is 14.3 Å². The molecule has 0 unspecified atom stereocenters. The number of hydrazine groups is 1. The number of carbonyl (C=O) groups excluding carboxylic acids is 2. The number of nitrogens with zero attached hydrogens (tertiary/aromatic N) is 4. The molecular formula is C16H18N4O3. The van der Waals surface area contributed by atoms with Gasteiger partial charge in [-0.05, 0) is 25.5 Å². The summed E-state index contributed by atoms with van der Waals surface area (Å²) >= 11 is 0. The predicted molar refractivity (Wildman–Crippen MR) is 83.1 cm³/mol. The van der Waals surface area contributed by atoms with Crippen LogP contribution in [0, 0.1) is 6.92 Å². The summed E-state index contributed by atoms with van der Waals surface area (Å²) in [6.07, 6.45) is 1.74. The minimum absolute atomic E-state index is 0.243. The number of carbonyl (C=O) groups is 2. The normalized spacial score (nSPS) is 14.2. The summed E-state index contributed by atoms with van der Waals surface area (Å²) in [4.78, 5) is 24.5. The molecule has 0 N–H and O–H groups in total. The van der Waals surface area contributed by atoms with Crippen LogP contribution in [-0.4, -0.2) is 52.0 Å². The van der Waals surface area contributed by atoms with Gasteiger partial charge >= 0.3 is 6.09 Å². The van der Waals surface area contributed by atoms with Crippen molar-refractivity contribution in [2.24, 2.45) is 0 Å². The average molecular weight is 314 g/mol. The predicted octanol–water partition coefficient (Wildman–Crippen LogP) is 2.01. The van der Waals surface area contributed by atoms with E-state index in [9.17, 15) is 9.59 Å². The highest BCUT2D eigenvalue weighted by Crippen LogP contribution is 2.20. The minimum Gasteiger partial charge on any atom is -0.452 e. The first-order chi connectivity index (χ1) is 11.1. The molecule has 0 bridgehead atoms. The monoisotopic (exact) mass is 314 g/mol. The molecule has 2 aromatic rings. The van der Waals surface area contributed by atoms with Crippen LogP contribution in [0.2, 0.25) is 0 Å². The molecule has 0 atom stereocenters. The Balaban J connectivity index is 1.89. The fourth-order valence-corrected chi connectivity index (χ4v) is 2.71. The van der Waals surface area contributed by atoms with E-state index in [4.69, 9.17) is 4.74 Å². The molecule has 7 nitrogen and oxygen atoms in total. The summed E-state index contributed by atoms with van der Waals surface area (Å²) in [5, 5.41) is 7.06. The molecule has 120 valence electrons. The molecule has 0 aliphatic carbocycles. The molecule has 7 heteroatoms. The molecule has 1 saturated heterocycles. The van der Waals surface area contributed by atoms with Crippen molar-refractivity contribution in [3.8, 4) is 5.69 Å². The molecule has 0 radical (unpaired) electrons. The van der Waals surface area contributed by atoms with Gasteiger partial charge in [0.05, 0.1) is 30.3 Å². The maximum atomic E-state index is 12.8. The van der Waals surface area contributed by atoms with Gasteiger partial charge in [0.15, 0.2) is 0 Å². The number of hydrogen-bond donors (Lipinski definition) is 0. The zero-order valence-electron chi connectivity index (χ0n) is 13.1. The first-order valence-electron chi connectivity index (χ1n) is 7.41. The van der Waals surface area contributed by atoms with E-state index >= 15 is 0 Å². The second kappa shape index (κ2) is 6.12. The van der Waals surface area contributed by atoms with Gasteiger partial charge in [0.1, 0.15) is 0 Å². The van der Waals surface area contributed by atoms with E-state index < -0.39 is 6.09 Å². The van der Waals surface area contributed by atoms with E-state index in [0.717, 1.165) is 17.8 Å². The summed E-state index contributed by atoms with van der Waals surface area (Å²) in [6, 6.07) is 9.59. The van der Waals surface area contributed by atoms with Crippen LogP contribution >= 0.6 is 0 Å². The number of ether oxygens (including phenoxy) is 1. The third-order valence-corrected chi connectivity index (χ3v) is 3.89. The molecule has 1 aliphatic rings. The van der Waals surface area contributed by atoms with Crippen LogP contribution in [0.25, 0.3) is 5.69 Å². The molecule has 1 aliphatic heterocycles. The van der Waals surface area contributed by atoms with Gasteiger partial charge in [0.2, 0.25) is 0 Å². The first kappa shape index (κ1) is 15.1. The third kappa shape index (κ3) is 2.65. The molecule has 3 rings (SSSR count). The van der Waals surface area contributed by atoms with Gasteiger partial charge in [-0.1, -0.05) is 18.2 Å². The van der Waals surface area contributed by atoms with Crippen LogP contribution in [0.15, 0.2) is 36.5 Å². The zero-order chi connectivity index (χ0) is 16.4. The lowest BCUT2D eigenvalue weighted by Crippen LogP contribution is -2.44. The van der Waals surface area contributed by atoms with Crippen LogP contribution in [0.5, 0.6) is 0 Å². The Bertz CT molecular complexity index is 726. The second-order valence-electron chi connectivity index (χ2n) is 5.27. The van der Waals surface area contributed by atoms with Gasteiger partial charge in [-0.15, -0.1) is 0 Å². The van der Waals surface area contributed by atoms with E-state index in [2.05, 4.69) is 5.10 Å². The topological polar surface area (TPSA) is 67.7 Å². The van der Waals surface area contributed by atoms with E-state index in [0.29, 0.717) is 18.7 Å². The summed E-state index contributed by atoms with van der Waals surface area (Å²) in [5.74, 6) is -0.243. The summed E-state index contributed by atoms with van der Waals surface area (Å²) < 4.78 is 6.44. The Morgan fingerprint density at radius 2 is 1.83 bits per heavy atom. The van der Waals surface area contributed by atoms with E-state index in [1.165, 1.54) is 17.1 Å². The molecular weight excluding hydrogens is 296 g/mol. The van der Waals surface area contributed by atoms with Gasteiger partial charge in [0, 0.05) is 13.1 Å². The van der Waals surface area contributed by atoms with Crippen molar-refractivity contribution in [2.45, 2.75) is 13.3 Å². The van der Waals surface area contributed by atoms with E-state index in [1.54, 1.807) is 10.9 Å². The van der Waals surface area contributed by atoms with Crippen LogP contribution in [0.1, 0.15) is 22.5 Å². The van der Waals surface area contributed by atoms with Gasteiger partial charge in [-0.3, -0.25) is 4.79 Å². The van der Waals surface area contributed by atoms with Crippen molar-refractivity contribution in [1.82, 2.24) is 19.8 Å². The molecule has 2 amide bonds. The second-order valence-corrected chi connectivity index (χ2v) is 5.27. The molecule has 2 heterocycles. The molecule has 23 heavy (non-hydrogen) atoms. The minimum atomic E-state index is -0.524. The lowest BCUT2D eigenvalue weighted by atomic mass is 10.2. The standard InChI is InChI=1S/C16H18N4O3/c1-12-14(11-17-20(12)13-7-4-3-5-8-13)15(21)18-9-6-10-19(18)16(22)23-2/h3-5,7-8,11H,6,9-10H2,1-2H3. The third-order valence-electron chi connectivity index (χ3n) is 3.89. The summed E-state index contributed by atoms with van der Waals surface area (Å²) in [5.41, 5.74) is 2.10. The van der Waals surface area contributed by atoms with Crippen LogP contribution in [0.3, 0.4) is 0 Å². The lowest BCUT2D eigenvalue weighted by Gasteiger charge is -2.26. The Morgan fingerprint density at radius 3 is 2.52 bits per heavy atom. The number of rotatable bonds is 2. The average Bonchev–Trinajstić information content (AvgIpc) is 3.21. The number of methoxy groups -OCH3 is 1. The quantitative estimate of drug-likeness (QED) is 0.850. The van der Waals surface area contributed by atoms with Gasteiger partial charge in [-0.2, -0.15) is 5.10 Å². The van der Waals surface area contributed by atoms with Gasteiger partial charge in [0.25, 0.3) is 5.91 Å². The Kier molecular flexibility index (Phi) is 4.01. The van der Waals surface area contributed by atoms with Crippen molar-refractivity contribution in [1.29, 1.82) is 0 Å². The highest BCUT2D eigenvalue weighted by molar-refractivity contribution is 5.96. The molecule has 0 saturated carbocycles. The Labute approximate surface area is 134 Å². The molecule has 1 fully saturated rings. The van der Waals surface area contributed by atoms with Crippen LogP contribution < -0.4 is 0 Å². The maximum absolute atomic E-state index is 12.8. The number of benzene rings is 1. The van der Waals surface area contributed by atoms with Crippen LogP contribution in [-0.2, 0) is 4.74 Å². The van der Waals surface area contributed by atoms with Gasteiger partial charge < -0.3 is 4.74 Å². The largest absolute Gasteiger partial charge is 0.452 e. The van der Waals surface area contributed by atoms with E-state index in [1.807, 2.05) is 37.3 Å². The van der Waals surface area contributed by atoms with Crippen LogP contribution in [0.4, 0.5) is 4.79 Å². The SMILES string of the molecule is COC(=O)N1CCCN1C(=O)c1cnn(-c2ccccc2)c1C. The number of hydrogen-bond acceptors (Lipinski definition) is 4. The molecule has 0 spiro atoms. The zero-order valence-corrected chi connectivity index (χ0v) is 13.1. The van der Waals surface area contributed by atoms with E-state index in [-0.39, 0.29) is 5.91 Å². The van der Waals surface area contributed by atoms with Crippen molar-refractivity contribution in [2.75, 3.05) is 20.2 Å². The fourth-order valence-electron chi connectivity index (χ4n) is 2.71. The Hall–Kier alpha value is -2.83. The highest BCUT2D eigenvalue weighted by atomic mass is 16.5. The number of para-hydroxylation sites is 1. The van der Waals surface area contributed by atoms with Crippen molar-refractivity contribution >= 4 is 12.0 Å². The number of amides is 2. The maximum Gasteiger partial charge on any atom is 0.428 e. The van der Waals surface area contributed by atoms with Crippen molar-refractivity contribution in [3.63, 3.8) is 0 Å². The first-order valence-corrected chi connectivity index (χ1v) is 7.41. The molecule has 1 aromatic carbocycles. The van der Waals surface area contributed by atoms with Crippen molar-refractivity contribution in [3.05, 3.63) is 47.8 Å². The molecule has 1 aromatic heterocycles. The summed E-state index contributed by atoms with van der Waals surface area (Å²) in [7, 11) is 1.31. The fraction of sp³-hybridized carbons (Fsp3) is 0.312. The van der Waals surface area contributed by atoms with Gasteiger partial charge in [-0.25, -0.2) is 19.5 Å². The summed E-state index contributed by atoms with van der Waals surface area (Å²) in [6.45, 7) is 2.81. The highest BCUT2D eigenvalue weighted by Gasteiger charge is 2.33.